The van der Waals surface area contributed by atoms with Gasteiger partial charge in [-0.05, 0) is 36.1 Å². The summed E-state index contributed by atoms with van der Waals surface area (Å²) in [5, 5.41) is 5.64. The molecule has 25 heavy (non-hydrogen) atoms. The molecule has 0 radical (unpaired) electrons. The van der Waals surface area contributed by atoms with Gasteiger partial charge in [0.1, 0.15) is 16.9 Å². The van der Waals surface area contributed by atoms with Gasteiger partial charge in [0.25, 0.3) is 0 Å². The summed E-state index contributed by atoms with van der Waals surface area (Å²) in [6.45, 7) is 0.733. The molecule has 0 unspecified atom stereocenters. The Labute approximate surface area is 151 Å². The van der Waals surface area contributed by atoms with Gasteiger partial charge in [0.2, 0.25) is 0 Å². The molecule has 3 nitrogen and oxygen atoms in total. The van der Waals surface area contributed by atoms with Crippen LogP contribution in [0, 0.1) is 0 Å². The van der Waals surface area contributed by atoms with Gasteiger partial charge in [-0.3, -0.25) is 0 Å². The maximum absolute atomic E-state index is 5.98. The lowest BCUT2D eigenvalue weighted by molar-refractivity contribution is 0.417. The van der Waals surface area contributed by atoms with Crippen molar-refractivity contribution in [1.29, 1.82) is 0 Å². The van der Waals surface area contributed by atoms with Crippen molar-refractivity contribution >= 4 is 39.4 Å². The van der Waals surface area contributed by atoms with Crippen LogP contribution in [0.1, 0.15) is 5.56 Å². The van der Waals surface area contributed by atoms with Gasteiger partial charge < -0.3 is 14.5 Å². The van der Waals surface area contributed by atoms with E-state index in [1.807, 2.05) is 30.3 Å². The Kier molecular flexibility index (Phi) is 4.28. The zero-order valence-corrected chi connectivity index (χ0v) is 15.0. The molecule has 1 aromatic heterocycles. The SMILES string of the molecule is COc1cc2c(cc1NCc1ccc(SC)cc1)oc1ccccc12. The fraction of sp³-hybridized carbons (Fsp3) is 0.143. The maximum Gasteiger partial charge on any atom is 0.142 e. The number of methoxy groups -OCH3 is 1. The van der Waals surface area contributed by atoms with Gasteiger partial charge in [-0.2, -0.15) is 0 Å². The van der Waals surface area contributed by atoms with Crippen molar-refractivity contribution in [3.63, 3.8) is 0 Å². The number of rotatable bonds is 5. The number of fused-ring (bicyclic) bond motifs is 3. The molecule has 126 valence electrons. The van der Waals surface area contributed by atoms with Crippen molar-refractivity contribution < 1.29 is 9.15 Å². The minimum atomic E-state index is 0.733. The number of anilines is 1. The molecular formula is C21H19NO2S. The maximum atomic E-state index is 5.98. The number of para-hydroxylation sites is 1. The summed E-state index contributed by atoms with van der Waals surface area (Å²) in [5.41, 5.74) is 3.92. The number of nitrogens with one attached hydrogen (secondary N) is 1. The molecule has 0 fully saturated rings. The van der Waals surface area contributed by atoms with E-state index in [-0.39, 0.29) is 0 Å². The molecular weight excluding hydrogens is 330 g/mol. The summed E-state index contributed by atoms with van der Waals surface area (Å²) in [7, 11) is 1.70. The molecule has 0 saturated carbocycles. The van der Waals surface area contributed by atoms with Crippen LogP contribution in [-0.4, -0.2) is 13.4 Å². The molecule has 0 spiro atoms. The first-order valence-corrected chi connectivity index (χ1v) is 9.37. The van der Waals surface area contributed by atoms with Crippen LogP contribution in [-0.2, 0) is 6.54 Å². The number of furan rings is 1. The minimum absolute atomic E-state index is 0.733. The topological polar surface area (TPSA) is 34.4 Å². The monoisotopic (exact) mass is 349 g/mol. The third kappa shape index (κ3) is 3.05. The largest absolute Gasteiger partial charge is 0.495 e. The molecule has 0 atom stereocenters. The van der Waals surface area contributed by atoms with Crippen molar-refractivity contribution in [2.24, 2.45) is 0 Å². The smallest absolute Gasteiger partial charge is 0.142 e. The average molecular weight is 349 g/mol. The molecule has 0 aliphatic rings. The first kappa shape index (κ1) is 15.9. The highest BCUT2D eigenvalue weighted by atomic mass is 32.2. The summed E-state index contributed by atoms with van der Waals surface area (Å²) < 4.78 is 11.6. The second-order valence-corrected chi connectivity index (χ2v) is 6.73. The van der Waals surface area contributed by atoms with Crippen LogP contribution in [0.15, 0.2) is 70.0 Å². The Morgan fingerprint density at radius 2 is 1.76 bits per heavy atom. The Morgan fingerprint density at radius 3 is 2.52 bits per heavy atom. The molecule has 1 heterocycles. The van der Waals surface area contributed by atoms with E-state index in [4.69, 9.17) is 9.15 Å². The molecule has 4 rings (SSSR count). The highest BCUT2D eigenvalue weighted by Crippen LogP contribution is 2.36. The highest BCUT2D eigenvalue weighted by molar-refractivity contribution is 7.98. The van der Waals surface area contributed by atoms with Gasteiger partial charge in [-0.15, -0.1) is 11.8 Å². The van der Waals surface area contributed by atoms with Crippen molar-refractivity contribution in [3.05, 3.63) is 66.2 Å². The third-order valence-electron chi connectivity index (χ3n) is 4.34. The highest BCUT2D eigenvalue weighted by Gasteiger charge is 2.12. The zero-order valence-electron chi connectivity index (χ0n) is 14.2. The summed E-state index contributed by atoms with van der Waals surface area (Å²) in [6, 6.07) is 20.7. The molecule has 0 aliphatic carbocycles. The van der Waals surface area contributed by atoms with Crippen LogP contribution in [0.25, 0.3) is 21.9 Å². The first-order valence-electron chi connectivity index (χ1n) is 8.14. The molecule has 0 bridgehead atoms. The van der Waals surface area contributed by atoms with Gasteiger partial charge in [0.05, 0.1) is 12.8 Å². The molecule has 1 N–H and O–H groups in total. The number of ether oxygens (including phenoxy) is 1. The third-order valence-corrected chi connectivity index (χ3v) is 5.08. The standard InChI is InChI=1S/C21H19NO2S/c1-23-21-11-17-16-5-3-4-6-19(16)24-20(17)12-18(21)22-13-14-7-9-15(25-2)10-8-14/h3-12,22H,13H2,1-2H3. The van der Waals surface area contributed by atoms with E-state index < -0.39 is 0 Å². The van der Waals surface area contributed by atoms with Crippen LogP contribution in [0.5, 0.6) is 5.75 Å². The second-order valence-electron chi connectivity index (χ2n) is 5.85. The van der Waals surface area contributed by atoms with Gasteiger partial charge in [0.15, 0.2) is 0 Å². The molecule has 4 aromatic rings. The van der Waals surface area contributed by atoms with E-state index in [0.29, 0.717) is 0 Å². The van der Waals surface area contributed by atoms with E-state index in [0.717, 1.165) is 39.9 Å². The number of hydrogen-bond acceptors (Lipinski definition) is 4. The number of benzene rings is 3. The first-order chi connectivity index (χ1) is 12.3. The van der Waals surface area contributed by atoms with Crippen molar-refractivity contribution in [2.75, 3.05) is 18.7 Å². The summed E-state index contributed by atoms with van der Waals surface area (Å²) in [5.74, 6) is 0.819. The molecule has 3 aromatic carbocycles. The second kappa shape index (κ2) is 6.73. The van der Waals surface area contributed by atoms with Crippen LogP contribution < -0.4 is 10.1 Å². The Morgan fingerprint density at radius 1 is 0.960 bits per heavy atom. The predicted molar refractivity (Wildman–Crippen MR) is 106 cm³/mol. The Hall–Kier alpha value is -2.59. The lowest BCUT2D eigenvalue weighted by Crippen LogP contribution is -2.01. The lowest BCUT2D eigenvalue weighted by atomic mass is 10.1. The lowest BCUT2D eigenvalue weighted by Gasteiger charge is -2.11. The number of hydrogen-bond donors (Lipinski definition) is 1. The molecule has 0 saturated heterocycles. The Balaban J connectivity index is 1.66. The van der Waals surface area contributed by atoms with Crippen molar-refractivity contribution in [3.8, 4) is 5.75 Å². The normalized spacial score (nSPS) is 11.1. The average Bonchev–Trinajstić information content (AvgIpc) is 3.03. The zero-order chi connectivity index (χ0) is 17.2. The predicted octanol–water partition coefficient (Wildman–Crippen LogP) is 5.93. The van der Waals surface area contributed by atoms with E-state index in [1.165, 1.54) is 10.5 Å². The fourth-order valence-corrected chi connectivity index (χ4v) is 3.41. The van der Waals surface area contributed by atoms with Crippen LogP contribution >= 0.6 is 11.8 Å². The molecule has 0 aliphatic heterocycles. The van der Waals surface area contributed by atoms with Crippen LogP contribution in [0.2, 0.25) is 0 Å². The van der Waals surface area contributed by atoms with Gasteiger partial charge in [-0.25, -0.2) is 0 Å². The molecule has 0 amide bonds. The van der Waals surface area contributed by atoms with Crippen molar-refractivity contribution in [1.82, 2.24) is 0 Å². The minimum Gasteiger partial charge on any atom is -0.495 e. The summed E-state index contributed by atoms with van der Waals surface area (Å²) in [4.78, 5) is 1.27. The quantitative estimate of drug-likeness (QED) is 0.453. The van der Waals surface area contributed by atoms with Gasteiger partial charge in [-0.1, -0.05) is 30.3 Å². The fourth-order valence-electron chi connectivity index (χ4n) is 3.00. The van der Waals surface area contributed by atoms with Crippen LogP contribution in [0.3, 0.4) is 0 Å². The van der Waals surface area contributed by atoms with E-state index in [2.05, 4.69) is 41.9 Å². The van der Waals surface area contributed by atoms with E-state index in [1.54, 1.807) is 18.9 Å². The summed E-state index contributed by atoms with van der Waals surface area (Å²) >= 11 is 1.75. The Bertz CT molecular complexity index is 1020. The van der Waals surface area contributed by atoms with Gasteiger partial charge >= 0.3 is 0 Å². The number of thioether (sulfide) groups is 1. The van der Waals surface area contributed by atoms with E-state index in [9.17, 15) is 0 Å². The van der Waals surface area contributed by atoms with E-state index >= 15 is 0 Å². The van der Waals surface area contributed by atoms with Crippen LogP contribution in [0.4, 0.5) is 5.69 Å². The van der Waals surface area contributed by atoms with Crippen molar-refractivity contribution in [2.45, 2.75) is 11.4 Å². The van der Waals surface area contributed by atoms with Gasteiger partial charge in [0, 0.05) is 28.3 Å². The summed E-state index contributed by atoms with van der Waals surface area (Å²) in [6.07, 6.45) is 2.08. The molecule has 4 heteroatoms.